The zero-order valence-electron chi connectivity index (χ0n) is 21.7. The third-order valence-corrected chi connectivity index (χ3v) is 5.48. The van der Waals surface area contributed by atoms with E-state index in [-0.39, 0.29) is 31.8 Å². The third-order valence-electron chi connectivity index (χ3n) is 5.48. The van der Waals surface area contributed by atoms with Crippen LogP contribution in [0.15, 0.2) is 4.99 Å². The molecule has 16 heteroatoms. The van der Waals surface area contributed by atoms with Gasteiger partial charge >= 0.3 is 5.97 Å². The van der Waals surface area contributed by atoms with Crippen LogP contribution in [0.1, 0.15) is 57.8 Å². The Labute approximate surface area is 222 Å². The van der Waals surface area contributed by atoms with Crippen molar-refractivity contribution in [3.63, 3.8) is 0 Å². The highest BCUT2D eigenvalue weighted by molar-refractivity contribution is 5.95. The first-order chi connectivity index (χ1) is 17.9. The van der Waals surface area contributed by atoms with Crippen LogP contribution >= 0.6 is 0 Å². The number of nitrogens with two attached hydrogens (primary N) is 6. The number of carboxylic acids is 1. The summed E-state index contributed by atoms with van der Waals surface area (Å²) in [7, 11) is 0. The van der Waals surface area contributed by atoms with E-state index in [9.17, 15) is 29.1 Å². The standard InChI is InChI=1S/C22H44N10O6/c23-9-3-1-6-14(30-18(34)13(25)12-17(26)33)19(35)31-15(7-2-4-10-24)20(36)32-16(21(37)38)8-5-11-29-22(27)28/h13-16H,1-12,23-25H2,(H2,26,33)(H,30,34)(H,31,35)(H,32,36)(H,37,38)(H4,27,28,29). The first kappa shape index (κ1) is 34.5. The van der Waals surface area contributed by atoms with Crippen LogP contribution in [0.25, 0.3) is 0 Å². The van der Waals surface area contributed by atoms with E-state index in [0.717, 1.165) is 0 Å². The van der Waals surface area contributed by atoms with Crippen molar-refractivity contribution in [2.75, 3.05) is 19.6 Å². The number of aliphatic carboxylic acids is 1. The summed E-state index contributed by atoms with van der Waals surface area (Å²) in [4.78, 5) is 65.1. The summed E-state index contributed by atoms with van der Waals surface area (Å²) >= 11 is 0. The maximum atomic E-state index is 13.1. The molecule has 4 amide bonds. The fraction of sp³-hybridized carbons (Fsp3) is 0.727. The first-order valence-electron chi connectivity index (χ1n) is 12.6. The number of guanidine groups is 1. The number of rotatable bonds is 21. The van der Waals surface area contributed by atoms with Crippen molar-refractivity contribution < 1.29 is 29.1 Å². The van der Waals surface area contributed by atoms with Gasteiger partial charge in [-0.15, -0.1) is 0 Å². The van der Waals surface area contributed by atoms with Gasteiger partial charge in [0.1, 0.15) is 18.1 Å². The Morgan fingerprint density at radius 3 is 1.55 bits per heavy atom. The van der Waals surface area contributed by atoms with Crippen LogP contribution in [-0.2, 0) is 24.0 Å². The highest BCUT2D eigenvalue weighted by Crippen LogP contribution is 2.07. The molecule has 38 heavy (non-hydrogen) atoms. The quantitative estimate of drug-likeness (QED) is 0.0377. The molecule has 0 saturated carbocycles. The lowest BCUT2D eigenvalue weighted by atomic mass is 10.0. The largest absolute Gasteiger partial charge is 0.480 e. The average Bonchev–Trinajstić information content (AvgIpc) is 2.83. The lowest BCUT2D eigenvalue weighted by molar-refractivity contribution is -0.142. The molecule has 0 bridgehead atoms. The van der Waals surface area contributed by atoms with Crippen molar-refractivity contribution in [2.45, 2.75) is 82.0 Å². The predicted octanol–water partition coefficient (Wildman–Crippen LogP) is -3.96. The van der Waals surface area contributed by atoms with E-state index in [1.165, 1.54) is 0 Å². The number of carbonyl (C=O) groups excluding carboxylic acids is 4. The zero-order chi connectivity index (χ0) is 29.1. The summed E-state index contributed by atoms with van der Waals surface area (Å²) < 4.78 is 0. The summed E-state index contributed by atoms with van der Waals surface area (Å²) in [6, 6.07) is -4.66. The molecule has 0 rings (SSSR count). The van der Waals surface area contributed by atoms with Gasteiger partial charge in [0.2, 0.25) is 23.6 Å². The Hall–Kier alpha value is -3.50. The van der Waals surface area contributed by atoms with Gasteiger partial charge in [-0.1, -0.05) is 0 Å². The maximum absolute atomic E-state index is 13.1. The second-order valence-electron chi connectivity index (χ2n) is 8.82. The fourth-order valence-corrected chi connectivity index (χ4v) is 3.42. The maximum Gasteiger partial charge on any atom is 0.326 e. The molecular formula is C22H44N10O6. The molecular weight excluding hydrogens is 500 g/mol. The van der Waals surface area contributed by atoms with Crippen molar-refractivity contribution in [1.82, 2.24) is 16.0 Å². The zero-order valence-corrected chi connectivity index (χ0v) is 21.7. The van der Waals surface area contributed by atoms with E-state index in [1.807, 2.05) is 0 Å². The number of aliphatic imine (C=N–C) groups is 1. The van der Waals surface area contributed by atoms with Gasteiger partial charge in [0.05, 0.1) is 12.5 Å². The third kappa shape index (κ3) is 15.6. The van der Waals surface area contributed by atoms with Gasteiger partial charge in [-0.25, -0.2) is 4.79 Å². The van der Waals surface area contributed by atoms with Crippen molar-refractivity contribution in [2.24, 2.45) is 39.4 Å². The van der Waals surface area contributed by atoms with E-state index in [1.54, 1.807) is 0 Å². The molecule has 0 aliphatic heterocycles. The molecule has 0 aliphatic rings. The number of nitrogens with zero attached hydrogens (tertiary/aromatic N) is 1. The molecule has 4 unspecified atom stereocenters. The van der Waals surface area contributed by atoms with E-state index in [2.05, 4.69) is 20.9 Å². The van der Waals surface area contributed by atoms with Crippen LogP contribution in [0.5, 0.6) is 0 Å². The number of carboxylic acid groups (broad SMARTS) is 1. The SMILES string of the molecule is NCCCCC(NC(=O)C(N)CC(N)=O)C(=O)NC(CCCCN)C(=O)NC(CCCN=C(N)N)C(=O)O. The Kier molecular flexibility index (Phi) is 17.8. The minimum Gasteiger partial charge on any atom is -0.480 e. The topological polar surface area (TPSA) is 310 Å². The van der Waals surface area contributed by atoms with Crippen molar-refractivity contribution in [1.29, 1.82) is 0 Å². The summed E-state index contributed by atoms with van der Waals surface area (Å²) in [6.45, 7) is 0.911. The Morgan fingerprint density at radius 1 is 0.684 bits per heavy atom. The van der Waals surface area contributed by atoms with Gasteiger partial charge in [0, 0.05) is 6.54 Å². The molecule has 0 aliphatic carbocycles. The van der Waals surface area contributed by atoms with Crippen LogP contribution in [0.3, 0.4) is 0 Å². The number of amides is 4. The van der Waals surface area contributed by atoms with Gasteiger partial charge in [0.15, 0.2) is 5.96 Å². The molecule has 0 aromatic heterocycles. The minimum atomic E-state index is -1.26. The average molecular weight is 545 g/mol. The van der Waals surface area contributed by atoms with E-state index >= 15 is 0 Å². The molecule has 16 N–H and O–H groups in total. The molecule has 4 atom stereocenters. The highest BCUT2D eigenvalue weighted by Gasteiger charge is 2.30. The molecule has 16 nitrogen and oxygen atoms in total. The number of hydrogen-bond donors (Lipinski definition) is 10. The molecule has 0 spiro atoms. The van der Waals surface area contributed by atoms with Crippen molar-refractivity contribution >= 4 is 35.6 Å². The molecule has 0 heterocycles. The first-order valence-corrected chi connectivity index (χ1v) is 12.6. The molecule has 0 fully saturated rings. The Morgan fingerprint density at radius 2 is 1.13 bits per heavy atom. The lowest BCUT2D eigenvalue weighted by Crippen LogP contribution is -2.57. The predicted molar refractivity (Wildman–Crippen MR) is 141 cm³/mol. The van der Waals surface area contributed by atoms with Crippen molar-refractivity contribution in [3.8, 4) is 0 Å². The summed E-state index contributed by atoms with van der Waals surface area (Å²) in [5, 5.41) is 17.1. The monoisotopic (exact) mass is 544 g/mol. The second-order valence-corrected chi connectivity index (χ2v) is 8.82. The van der Waals surface area contributed by atoms with Gasteiger partial charge in [0.25, 0.3) is 0 Å². The fourth-order valence-electron chi connectivity index (χ4n) is 3.42. The van der Waals surface area contributed by atoms with Gasteiger partial charge in [-0.05, 0) is 64.5 Å². The number of hydrogen-bond acceptors (Lipinski definition) is 9. The molecule has 0 aromatic carbocycles. The second kappa shape index (κ2) is 19.6. The van der Waals surface area contributed by atoms with Crippen molar-refractivity contribution in [3.05, 3.63) is 0 Å². The van der Waals surface area contributed by atoms with Crippen LogP contribution in [0.4, 0.5) is 0 Å². The number of unbranched alkanes of at least 4 members (excludes halogenated alkanes) is 2. The highest BCUT2D eigenvalue weighted by atomic mass is 16.4. The Balaban J connectivity index is 5.53. The minimum absolute atomic E-state index is 0.0524. The summed E-state index contributed by atoms with van der Waals surface area (Å²) in [6.07, 6.45) is 2.42. The molecule has 0 saturated heterocycles. The molecule has 0 radical (unpaired) electrons. The van der Waals surface area contributed by atoms with Gasteiger partial charge in [-0.3, -0.25) is 24.2 Å². The van der Waals surface area contributed by atoms with Gasteiger partial charge < -0.3 is 55.5 Å². The molecule has 0 aromatic rings. The van der Waals surface area contributed by atoms with Crippen LogP contribution in [0.2, 0.25) is 0 Å². The molecule has 218 valence electrons. The lowest BCUT2D eigenvalue weighted by Gasteiger charge is -2.25. The number of nitrogens with one attached hydrogen (secondary N) is 3. The van der Waals surface area contributed by atoms with Gasteiger partial charge in [-0.2, -0.15) is 0 Å². The van der Waals surface area contributed by atoms with Crippen LogP contribution < -0.4 is 50.4 Å². The van der Waals surface area contributed by atoms with Crippen LogP contribution in [0, 0.1) is 0 Å². The van der Waals surface area contributed by atoms with E-state index in [4.69, 9.17) is 34.4 Å². The van der Waals surface area contributed by atoms with E-state index < -0.39 is 60.2 Å². The smallest absolute Gasteiger partial charge is 0.326 e. The Bertz CT molecular complexity index is 805. The number of primary amides is 1. The normalized spacial score (nSPS) is 13.9. The summed E-state index contributed by atoms with van der Waals surface area (Å²) in [5.41, 5.74) is 32.3. The summed E-state index contributed by atoms with van der Waals surface area (Å²) in [5.74, 6) is -4.30. The number of carbonyl (C=O) groups is 5. The van der Waals surface area contributed by atoms with Crippen LogP contribution in [-0.4, -0.2) is 84.5 Å². The van der Waals surface area contributed by atoms with E-state index in [0.29, 0.717) is 45.2 Å².